The minimum atomic E-state index is -4.52. The van der Waals surface area contributed by atoms with Gasteiger partial charge in [0.25, 0.3) is 0 Å². The lowest BCUT2D eigenvalue weighted by Gasteiger charge is -2.51. The number of halogens is 3. The largest absolute Gasteiger partial charge is 0.416 e. The van der Waals surface area contributed by atoms with Crippen molar-refractivity contribution in [3.05, 3.63) is 54.1 Å². The van der Waals surface area contributed by atoms with Crippen molar-refractivity contribution in [2.24, 2.45) is 35.5 Å². The van der Waals surface area contributed by atoms with E-state index in [0.29, 0.717) is 0 Å². The lowest BCUT2D eigenvalue weighted by molar-refractivity contribution is -0.137. The molecule has 0 radical (unpaired) electrons. The van der Waals surface area contributed by atoms with E-state index in [1.54, 1.807) is 0 Å². The lowest BCUT2D eigenvalue weighted by Crippen LogP contribution is -2.50. The molecule has 1 aromatic carbocycles. The van der Waals surface area contributed by atoms with Crippen molar-refractivity contribution in [1.29, 1.82) is 0 Å². The lowest BCUT2D eigenvalue weighted by atomic mass is 9.50. The Morgan fingerprint density at radius 3 is 1.80 bits per heavy atom. The minimum absolute atomic E-state index is 0.0129. The van der Waals surface area contributed by atoms with Crippen molar-refractivity contribution in [3.63, 3.8) is 0 Å². The summed E-state index contributed by atoms with van der Waals surface area (Å²) >= 11 is 0. The Bertz CT molecular complexity index is 816. The van der Waals surface area contributed by atoms with Gasteiger partial charge in [0.1, 0.15) is 0 Å². The molecule has 0 aromatic heterocycles. The maximum Gasteiger partial charge on any atom is 0.416 e. The van der Waals surface area contributed by atoms with E-state index in [9.17, 15) is 22.8 Å². The second kappa shape index (κ2) is 4.62. The summed E-state index contributed by atoms with van der Waals surface area (Å²) in [5, 5.41) is 0. The van der Waals surface area contributed by atoms with Crippen LogP contribution in [0.25, 0.3) is 0 Å². The Morgan fingerprint density at radius 2 is 1.32 bits per heavy atom. The van der Waals surface area contributed by atoms with Crippen LogP contribution in [0.5, 0.6) is 0 Å². The average Bonchev–Trinajstić information content (AvgIpc) is 2.79. The smallest absolute Gasteiger partial charge is 0.274 e. The number of hydrogen-bond acceptors (Lipinski definition) is 2. The number of rotatable bonds is 1. The molecule has 2 fully saturated rings. The van der Waals surface area contributed by atoms with Crippen molar-refractivity contribution in [3.8, 4) is 0 Å². The van der Waals surface area contributed by atoms with E-state index in [0.717, 1.165) is 17.0 Å². The first-order valence-corrected chi connectivity index (χ1v) is 8.29. The van der Waals surface area contributed by atoms with Gasteiger partial charge in [-0.25, -0.2) is 0 Å². The van der Waals surface area contributed by atoms with Crippen LogP contribution >= 0.6 is 0 Å². The molecule has 1 aliphatic heterocycles. The molecular weight excluding hydrogens is 331 g/mol. The molecule has 25 heavy (non-hydrogen) atoms. The number of alkyl halides is 3. The van der Waals surface area contributed by atoms with E-state index in [1.807, 2.05) is 12.2 Å². The molecule has 0 spiro atoms. The summed E-state index contributed by atoms with van der Waals surface area (Å²) in [6.07, 6.45) is 3.66. The molecule has 0 N–H and O–H groups in total. The molecule has 1 heterocycles. The molecular formula is C19H14F3NO2. The van der Waals surface area contributed by atoms with Gasteiger partial charge in [0, 0.05) is 0 Å². The highest BCUT2D eigenvalue weighted by atomic mass is 19.4. The van der Waals surface area contributed by atoms with Gasteiger partial charge in [0.2, 0.25) is 11.8 Å². The topological polar surface area (TPSA) is 37.4 Å². The fraction of sp³-hybridized carbons (Fsp3) is 0.368. The third kappa shape index (κ3) is 1.82. The normalized spacial score (nSPS) is 38.0. The van der Waals surface area contributed by atoms with Crippen molar-refractivity contribution in [2.45, 2.75) is 6.18 Å². The third-order valence-electron chi connectivity index (χ3n) is 6.10. The molecule has 128 valence electrons. The molecule has 2 amide bonds. The van der Waals surface area contributed by atoms with Gasteiger partial charge in [0.05, 0.1) is 23.1 Å². The molecule has 4 unspecified atom stereocenters. The average molecular weight is 345 g/mol. The van der Waals surface area contributed by atoms with Gasteiger partial charge in [-0.1, -0.05) is 30.4 Å². The molecule has 1 saturated heterocycles. The summed E-state index contributed by atoms with van der Waals surface area (Å²) in [4.78, 5) is 26.9. The van der Waals surface area contributed by atoms with Crippen molar-refractivity contribution in [2.75, 3.05) is 4.90 Å². The quantitative estimate of drug-likeness (QED) is 0.578. The Morgan fingerprint density at radius 1 is 0.800 bits per heavy atom. The number of nitrogens with zero attached hydrogens (tertiary/aromatic N) is 1. The fourth-order valence-electron chi connectivity index (χ4n) is 4.97. The van der Waals surface area contributed by atoms with E-state index in [1.165, 1.54) is 12.1 Å². The molecule has 2 bridgehead atoms. The van der Waals surface area contributed by atoms with Crippen LogP contribution in [0.4, 0.5) is 18.9 Å². The Labute approximate surface area is 141 Å². The van der Waals surface area contributed by atoms with Gasteiger partial charge in [-0.3, -0.25) is 14.5 Å². The van der Waals surface area contributed by atoms with Crippen LogP contribution in [0.3, 0.4) is 0 Å². The number of carbonyl (C=O) groups excluding carboxylic acids is 2. The third-order valence-corrected chi connectivity index (χ3v) is 6.10. The number of imide groups is 1. The van der Waals surface area contributed by atoms with E-state index in [-0.39, 0.29) is 41.2 Å². The minimum Gasteiger partial charge on any atom is -0.274 e. The Balaban J connectivity index is 1.56. The second-order valence-electron chi connectivity index (χ2n) is 7.19. The predicted molar refractivity (Wildman–Crippen MR) is 83.2 cm³/mol. The number of anilines is 1. The van der Waals surface area contributed by atoms with Gasteiger partial charge >= 0.3 is 6.18 Å². The predicted octanol–water partition coefficient (Wildman–Crippen LogP) is 3.43. The van der Waals surface area contributed by atoms with Gasteiger partial charge in [-0.05, 0) is 41.9 Å². The van der Waals surface area contributed by atoms with Crippen LogP contribution in [-0.2, 0) is 15.8 Å². The molecule has 4 aliphatic carbocycles. The maximum absolute atomic E-state index is 13.0. The standard InChI is InChI=1S/C19H14F3NO2/c20-19(21,22)9-2-1-3-10(8-9)23-17(24)15-13-6-7-14(16(15)18(23)25)12-5-4-11(12)13/h1-8,11-16H/t11?,12?,13?,14?,15-,16+. The van der Waals surface area contributed by atoms with Crippen LogP contribution in [0, 0.1) is 35.5 Å². The zero-order valence-corrected chi connectivity index (χ0v) is 13.0. The first-order valence-electron chi connectivity index (χ1n) is 8.29. The Kier molecular flexibility index (Phi) is 2.76. The molecule has 1 saturated carbocycles. The van der Waals surface area contributed by atoms with Crippen LogP contribution in [0.2, 0.25) is 0 Å². The first kappa shape index (κ1) is 14.9. The summed E-state index contributed by atoms with van der Waals surface area (Å²) < 4.78 is 38.9. The maximum atomic E-state index is 13.0. The van der Waals surface area contributed by atoms with E-state index >= 15 is 0 Å². The van der Waals surface area contributed by atoms with Gasteiger partial charge in [-0.2, -0.15) is 13.2 Å². The first-order chi connectivity index (χ1) is 11.9. The van der Waals surface area contributed by atoms with Crippen molar-refractivity contribution >= 4 is 17.5 Å². The van der Waals surface area contributed by atoms with Gasteiger partial charge in [0.15, 0.2) is 0 Å². The molecule has 6 heteroatoms. The summed E-state index contributed by atoms with van der Waals surface area (Å²) in [5.74, 6) is -1.16. The summed E-state index contributed by atoms with van der Waals surface area (Å²) in [6.45, 7) is 0. The SMILES string of the molecule is O=C1[C@@H]2C3C=CC(C4C=CC43)[C@@H]2C(=O)N1c1cccc(C(F)(F)F)c1. The molecule has 5 aliphatic rings. The van der Waals surface area contributed by atoms with Crippen LogP contribution in [0.15, 0.2) is 48.6 Å². The van der Waals surface area contributed by atoms with Crippen molar-refractivity contribution in [1.82, 2.24) is 0 Å². The van der Waals surface area contributed by atoms with E-state index < -0.39 is 23.6 Å². The number of benzene rings is 1. The van der Waals surface area contributed by atoms with Gasteiger partial charge in [-0.15, -0.1) is 0 Å². The zero-order valence-electron chi connectivity index (χ0n) is 13.0. The molecule has 6 atom stereocenters. The van der Waals surface area contributed by atoms with Crippen LogP contribution in [0.1, 0.15) is 5.56 Å². The molecule has 1 aromatic rings. The number of amides is 2. The zero-order chi connectivity index (χ0) is 17.5. The monoisotopic (exact) mass is 345 g/mol. The molecule has 6 rings (SSSR count). The molecule has 3 nitrogen and oxygen atoms in total. The second-order valence-corrected chi connectivity index (χ2v) is 7.19. The number of allylic oxidation sites excluding steroid dienone is 4. The van der Waals surface area contributed by atoms with Gasteiger partial charge < -0.3 is 0 Å². The fourth-order valence-corrected chi connectivity index (χ4v) is 4.97. The van der Waals surface area contributed by atoms with E-state index in [4.69, 9.17) is 0 Å². The summed E-state index contributed by atoms with van der Waals surface area (Å²) in [5.41, 5.74) is -0.845. The van der Waals surface area contributed by atoms with Crippen molar-refractivity contribution < 1.29 is 22.8 Å². The number of hydrogen-bond donors (Lipinski definition) is 0. The van der Waals surface area contributed by atoms with Crippen LogP contribution < -0.4 is 4.90 Å². The highest BCUT2D eigenvalue weighted by Gasteiger charge is 2.63. The highest BCUT2D eigenvalue weighted by molar-refractivity contribution is 6.22. The van der Waals surface area contributed by atoms with E-state index in [2.05, 4.69) is 12.2 Å². The summed E-state index contributed by atoms with van der Waals surface area (Å²) in [7, 11) is 0. The Hall–Kier alpha value is -2.37. The summed E-state index contributed by atoms with van der Waals surface area (Å²) in [6, 6.07) is 4.45. The number of carbonyl (C=O) groups is 2. The van der Waals surface area contributed by atoms with Crippen LogP contribution in [-0.4, -0.2) is 11.8 Å². The highest BCUT2D eigenvalue weighted by Crippen LogP contribution is 2.59.